The smallest absolute Gasteiger partial charge is 0.123 e. The van der Waals surface area contributed by atoms with Gasteiger partial charge < -0.3 is 15.2 Å². The van der Waals surface area contributed by atoms with Crippen molar-refractivity contribution >= 4 is 10.8 Å². The molecule has 3 heteroatoms. The number of nitrogens with one attached hydrogen (secondary N) is 1. The molecule has 0 aliphatic rings. The number of fused-ring (bicyclic) bond motifs is 1. The van der Waals surface area contributed by atoms with Crippen LogP contribution in [0.2, 0.25) is 0 Å². The number of rotatable bonds is 7. The summed E-state index contributed by atoms with van der Waals surface area (Å²) < 4.78 is 5.50. The normalized spacial score (nSPS) is 12.8. The first-order chi connectivity index (χ1) is 10.2. The van der Waals surface area contributed by atoms with Gasteiger partial charge in [0, 0.05) is 18.2 Å². The lowest BCUT2D eigenvalue weighted by molar-refractivity contribution is 0.223. The van der Waals surface area contributed by atoms with Crippen LogP contribution in [0.25, 0.3) is 10.8 Å². The molecule has 0 fully saturated rings. The maximum Gasteiger partial charge on any atom is 0.123 e. The number of methoxy groups -OCH3 is 1. The average Bonchev–Trinajstić information content (AvgIpc) is 2.50. The predicted octanol–water partition coefficient (Wildman–Crippen LogP) is 3.35. The lowest BCUT2D eigenvalue weighted by Gasteiger charge is -2.20. The van der Waals surface area contributed by atoms with E-state index in [9.17, 15) is 5.11 Å². The Labute approximate surface area is 126 Å². The fraction of sp³-hybridized carbons (Fsp3) is 0.444. The maximum atomic E-state index is 9.50. The van der Waals surface area contributed by atoms with Crippen LogP contribution in [0.4, 0.5) is 0 Å². The number of benzene rings is 2. The van der Waals surface area contributed by atoms with Gasteiger partial charge in [0.25, 0.3) is 0 Å². The SMILES string of the molecule is COc1ccc2ccccc2c1CNC(CO)CC(C)C. The number of aliphatic hydroxyl groups is 1. The topological polar surface area (TPSA) is 41.5 Å². The zero-order chi connectivity index (χ0) is 15.2. The molecule has 0 aliphatic heterocycles. The molecule has 1 unspecified atom stereocenters. The molecule has 2 aromatic rings. The highest BCUT2D eigenvalue weighted by atomic mass is 16.5. The molecule has 0 saturated heterocycles. The molecule has 2 N–H and O–H groups in total. The Morgan fingerprint density at radius 3 is 2.57 bits per heavy atom. The first-order valence-corrected chi connectivity index (χ1v) is 7.54. The molecule has 0 spiro atoms. The summed E-state index contributed by atoms with van der Waals surface area (Å²) in [5.74, 6) is 1.45. The second-order valence-corrected chi connectivity index (χ2v) is 5.86. The van der Waals surface area contributed by atoms with Crippen molar-refractivity contribution in [2.75, 3.05) is 13.7 Å². The molecule has 3 nitrogen and oxygen atoms in total. The van der Waals surface area contributed by atoms with E-state index in [0.29, 0.717) is 12.5 Å². The van der Waals surface area contributed by atoms with Crippen LogP contribution in [0.15, 0.2) is 36.4 Å². The monoisotopic (exact) mass is 287 g/mol. The zero-order valence-electron chi connectivity index (χ0n) is 13.1. The van der Waals surface area contributed by atoms with Crippen LogP contribution < -0.4 is 10.1 Å². The predicted molar refractivity (Wildman–Crippen MR) is 87.7 cm³/mol. The summed E-state index contributed by atoms with van der Waals surface area (Å²) in [6.45, 7) is 5.19. The molecule has 114 valence electrons. The highest BCUT2D eigenvalue weighted by molar-refractivity contribution is 5.87. The van der Waals surface area contributed by atoms with Crippen LogP contribution in [-0.2, 0) is 6.54 Å². The summed E-state index contributed by atoms with van der Waals surface area (Å²) in [7, 11) is 1.70. The molecule has 2 rings (SSSR count). The minimum Gasteiger partial charge on any atom is -0.496 e. The Balaban J connectivity index is 2.23. The first-order valence-electron chi connectivity index (χ1n) is 7.54. The zero-order valence-corrected chi connectivity index (χ0v) is 13.1. The van der Waals surface area contributed by atoms with Crippen LogP contribution in [-0.4, -0.2) is 24.9 Å². The van der Waals surface area contributed by atoms with Gasteiger partial charge in [-0.05, 0) is 29.2 Å². The van der Waals surface area contributed by atoms with Crippen LogP contribution in [0, 0.1) is 5.92 Å². The van der Waals surface area contributed by atoms with Crippen molar-refractivity contribution in [3.05, 3.63) is 42.0 Å². The summed E-state index contributed by atoms with van der Waals surface area (Å²) in [6.07, 6.45) is 0.962. The second-order valence-electron chi connectivity index (χ2n) is 5.86. The molecular weight excluding hydrogens is 262 g/mol. The van der Waals surface area contributed by atoms with Gasteiger partial charge in [-0.3, -0.25) is 0 Å². The fourth-order valence-electron chi connectivity index (χ4n) is 2.73. The Bertz CT molecular complexity index is 580. The minimum absolute atomic E-state index is 0.119. The van der Waals surface area contributed by atoms with E-state index in [2.05, 4.69) is 37.4 Å². The molecule has 0 aromatic heterocycles. The summed E-state index contributed by atoms with van der Waals surface area (Å²) in [4.78, 5) is 0. The van der Waals surface area contributed by atoms with E-state index in [1.165, 1.54) is 10.8 Å². The molecule has 2 aromatic carbocycles. The molecular formula is C18H25NO2. The quantitative estimate of drug-likeness (QED) is 0.820. The van der Waals surface area contributed by atoms with Gasteiger partial charge in [-0.25, -0.2) is 0 Å². The molecule has 0 bridgehead atoms. The second kappa shape index (κ2) is 7.43. The van der Waals surface area contributed by atoms with Gasteiger partial charge in [0.05, 0.1) is 13.7 Å². The number of hydrogen-bond donors (Lipinski definition) is 2. The van der Waals surface area contributed by atoms with Gasteiger partial charge in [-0.15, -0.1) is 0 Å². The largest absolute Gasteiger partial charge is 0.496 e. The van der Waals surface area contributed by atoms with E-state index in [1.54, 1.807) is 7.11 Å². The van der Waals surface area contributed by atoms with Gasteiger partial charge in [-0.2, -0.15) is 0 Å². The van der Waals surface area contributed by atoms with E-state index in [0.717, 1.165) is 17.7 Å². The summed E-state index contributed by atoms with van der Waals surface area (Å²) in [5.41, 5.74) is 1.15. The molecule has 0 saturated carbocycles. The lowest BCUT2D eigenvalue weighted by Crippen LogP contribution is -2.33. The summed E-state index contributed by atoms with van der Waals surface area (Å²) in [6, 6.07) is 12.5. The van der Waals surface area contributed by atoms with Gasteiger partial charge in [0.1, 0.15) is 5.75 Å². The van der Waals surface area contributed by atoms with Crippen molar-refractivity contribution in [1.29, 1.82) is 0 Å². The lowest BCUT2D eigenvalue weighted by atomic mass is 10.0. The number of hydrogen-bond acceptors (Lipinski definition) is 3. The van der Waals surface area contributed by atoms with E-state index in [1.807, 2.05) is 18.2 Å². The molecule has 0 aliphatic carbocycles. The van der Waals surface area contributed by atoms with Gasteiger partial charge in [0.2, 0.25) is 0 Å². The van der Waals surface area contributed by atoms with Crippen molar-refractivity contribution in [3.63, 3.8) is 0 Å². The van der Waals surface area contributed by atoms with Crippen LogP contribution >= 0.6 is 0 Å². The van der Waals surface area contributed by atoms with Gasteiger partial charge in [-0.1, -0.05) is 44.2 Å². The highest BCUT2D eigenvalue weighted by Gasteiger charge is 2.12. The van der Waals surface area contributed by atoms with E-state index in [-0.39, 0.29) is 12.6 Å². The molecule has 1 atom stereocenters. The molecule has 0 radical (unpaired) electrons. The number of aliphatic hydroxyl groups excluding tert-OH is 1. The van der Waals surface area contributed by atoms with Gasteiger partial charge in [0.15, 0.2) is 0 Å². The van der Waals surface area contributed by atoms with Gasteiger partial charge >= 0.3 is 0 Å². The average molecular weight is 287 g/mol. The van der Waals surface area contributed by atoms with Crippen molar-refractivity contribution < 1.29 is 9.84 Å². The van der Waals surface area contributed by atoms with E-state index in [4.69, 9.17) is 4.74 Å². The molecule has 0 amide bonds. The Morgan fingerprint density at radius 1 is 1.14 bits per heavy atom. The van der Waals surface area contributed by atoms with Crippen LogP contribution in [0.3, 0.4) is 0 Å². The summed E-state index contributed by atoms with van der Waals surface area (Å²) in [5, 5.41) is 15.4. The van der Waals surface area contributed by atoms with Crippen LogP contribution in [0.5, 0.6) is 5.75 Å². The number of ether oxygens (including phenoxy) is 1. The third-order valence-corrected chi connectivity index (χ3v) is 3.76. The van der Waals surface area contributed by atoms with E-state index >= 15 is 0 Å². The minimum atomic E-state index is 0.119. The highest BCUT2D eigenvalue weighted by Crippen LogP contribution is 2.28. The summed E-state index contributed by atoms with van der Waals surface area (Å²) >= 11 is 0. The first kappa shape index (κ1) is 15.8. The fourth-order valence-corrected chi connectivity index (χ4v) is 2.73. The van der Waals surface area contributed by atoms with Crippen LogP contribution in [0.1, 0.15) is 25.8 Å². The standard InChI is InChI=1S/C18H25NO2/c1-13(2)10-15(12-20)19-11-17-16-7-5-4-6-14(16)8-9-18(17)21-3/h4-9,13,15,19-20H,10-12H2,1-3H3. The third kappa shape index (κ3) is 3.96. The molecule has 0 heterocycles. The van der Waals surface area contributed by atoms with Crippen molar-refractivity contribution in [1.82, 2.24) is 5.32 Å². The third-order valence-electron chi connectivity index (χ3n) is 3.76. The Hall–Kier alpha value is -1.58. The maximum absolute atomic E-state index is 9.50. The van der Waals surface area contributed by atoms with Crippen molar-refractivity contribution in [2.45, 2.75) is 32.9 Å². The Kier molecular flexibility index (Phi) is 5.59. The molecule has 21 heavy (non-hydrogen) atoms. The van der Waals surface area contributed by atoms with E-state index < -0.39 is 0 Å². The van der Waals surface area contributed by atoms with Crippen molar-refractivity contribution in [3.8, 4) is 5.75 Å². The van der Waals surface area contributed by atoms with Crippen molar-refractivity contribution in [2.24, 2.45) is 5.92 Å². The Morgan fingerprint density at radius 2 is 1.90 bits per heavy atom.